The minimum Gasteiger partial charge on any atom is -0.444 e. The number of thioether (sulfide) groups is 2. The highest BCUT2D eigenvalue weighted by Crippen LogP contribution is 2.35. The maximum absolute atomic E-state index is 13.4. The van der Waals surface area contributed by atoms with E-state index in [4.69, 9.17) is 9.47 Å². The molecule has 0 unspecified atom stereocenters. The van der Waals surface area contributed by atoms with Gasteiger partial charge in [0.2, 0.25) is 0 Å². The van der Waals surface area contributed by atoms with Gasteiger partial charge in [0.25, 0.3) is 0 Å². The summed E-state index contributed by atoms with van der Waals surface area (Å²) in [4.78, 5) is 38.4. The topological polar surface area (TPSA) is 76.1 Å². The number of piperidine rings is 2. The van der Waals surface area contributed by atoms with Crippen molar-refractivity contribution in [3.63, 3.8) is 0 Å². The van der Waals surface area contributed by atoms with Crippen molar-refractivity contribution >= 4 is 56.8 Å². The van der Waals surface area contributed by atoms with Gasteiger partial charge >= 0.3 is 24.5 Å². The summed E-state index contributed by atoms with van der Waals surface area (Å²) in [7, 11) is 0. The van der Waals surface area contributed by atoms with E-state index in [1.54, 1.807) is 16.7 Å². The molecular formula is C41H61BrF8N2O5S2. The second-order valence-corrected chi connectivity index (χ2v) is 18.5. The van der Waals surface area contributed by atoms with E-state index in [0.29, 0.717) is 36.9 Å². The molecule has 340 valence electrons. The fourth-order valence-corrected chi connectivity index (χ4v) is 7.63. The largest absolute Gasteiger partial charge is 0.444 e. The third-order valence-corrected chi connectivity index (χ3v) is 10.6. The fraction of sp³-hybridized carbons (Fsp3) is 0.634. The zero-order valence-electron chi connectivity index (χ0n) is 32.3. The van der Waals surface area contributed by atoms with Gasteiger partial charge in [-0.25, -0.2) is 18.4 Å². The third kappa shape index (κ3) is 23.7. The molecule has 2 aromatic rings. The smallest absolute Gasteiger partial charge is 0.416 e. The summed E-state index contributed by atoms with van der Waals surface area (Å²) in [6.07, 6.45) is -6.22. The highest BCUT2D eigenvalue weighted by Gasteiger charge is 2.33. The van der Waals surface area contributed by atoms with Crippen molar-refractivity contribution in [3.05, 3.63) is 63.6 Å². The number of hydrogen-bond acceptors (Lipinski definition) is 7. The van der Waals surface area contributed by atoms with E-state index in [2.05, 4.69) is 15.9 Å². The van der Waals surface area contributed by atoms with E-state index < -0.39 is 46.3 Å². The van der Waals surface area contributed by atoms with Gasteiger partial charge in [0.15, 0.2) is 5.12 Å². The second-order valence-electron chi connectivity index (χ2n) is 15.3. The lowest BCUT2D eigenvalue weighted by Gasteiger charge is -2.33. The van der Waals surface area contributed by atoms with Gasteiger partial charge in [0.1, 0.15) is 22.8 Å². The Morgan fingerprint density at radius 2 is 1.02 bits per heavy atom. The van der Waals surface area contributed by atoms with Crippen LogP contribution in [0.15, 0.2) is 45.8 Å². The van der Waals surface area contributed by atoms with Crippen LogP contribution in [0, 0.1) is 23.5 Å². The van der Waals surface area contributed by atoms with Crippen molar-refractivity contribution < 1.29 is 59.0 Å². The summed E-state index contributed by atoms with van der Waals surface area (Å²) < 4.78 is 111. The van der Waals surface area contributed by atoms with Gasteiger partial charge in [-0.2, -0.15) is 26.3 Å². The molecule has 0 aliphatic carbocycles. The molecule has 2 amide bonds. The SMILES string of the molecule is C.C.C.CC(=O)SCC1CCN(C(=O)OC(C)(C)C)CC1.CC(C)(C)OC(=O)N1CCC(CSc2cc(F)cc(C(F)(F)F)c2)CC1.Fc1cc(Br)cc(C(F)(F)F)c1. The standard InChI is InChI=1S/C18H23F4NO2S.C13H23NO3S.C7H3BrF4.3CH4/c1-17(2,3)25-16(24)23-6-4-12(5-7-23)11-26-15-9-13(18(20,21)22)8-14(19)10-15;1-10(15)18-9-11-5-7-14(8-6-11)12(16)17-13(2,3)4;8-5-1-4(7(10,11)12)2-6(9)3-5;;;/h8-10,12H,4-7,11H2,1-3H3;11H,5-9H2,1-4H3;1-3H;3*1H4. The van der Waals surface area contributed by atoms with Crippen LogP contribution in [-0.4, -0.2) is 76.0 Å². The fourth-order valence-electron chi connectivity index (χ4n) is 5.19. The lowest BCUT2D eigenvalue weighted by Crippen LogP contribution is -2.42. The Morgan fingerprint density at radius 3 is 1.37 bits per heavy atom. The molecule has 2 aliphatic rings. The first kappa shape index (κ1) is 58.4. The maximum Gasteiger partial charge on any atom is 0.416 e. The molecule has 0 N–H and O–H groups in total. The Bertz CT molecular complexity index is 1580. The Balaban J connectivity index is 0. The Labute approximate surface area is 362 Å². The van der Waals surface area contributed by atoms with Gasteiger partial charge in [0.05, 0.1) is 11.1 Å². The predicted octanol–water partition coefficient (Wildman–Crippen LogP) is 14.0. The Hall–Kier alpha value is -2.73. The molecule has 2 heterocycles. The van der Waals surface area contributed by atoms with Gasteiger partial charge in [0, 0.05) is 54.0 Å². The van der Waals surface area contributed by atoms with Crippen LogP contribution in [0.4, 0.5) is 44.7 Å². The van der Waals surface area contributed by atoms with Gasteiger partial charge in [-0.05, 0) is 115 Å². The Morgan fingerprint density at radius 1 is 0.644 bits per heavy atom. The molecule has 0 atom stereocenters. The summed E-state index contributed by atoms with van der Waals surface area (Å²) in [5.74, 6) is 0.466. The number of amides is 2. The number of alkyl halides is 6. The molecule has 0 bridgehead atoms. The van der Waals surface area contributed by atoms with Crippen LogP contribution in [-0.2, 0) is 26.6 Å². The molecule has 2 fully saturated rings. The molecule has 18 heteroatoms. The van der Waals surface area contributed by atoms with Crippen molar-refractivity contribution in [2.45, 2.75) is 125 Å². The molecule has 2 aliphatic heterocycles. The summed E-state index contributed by atoms with van der Waals surface area (Å²) in [5.41, 5.74) is -2.94. The molecule has 0 radical (unpaired) electrons. The lowest BCUT2D eigenvalue weighted by atomic mass is 9.99. The van der Waals surface area contributed by atoms with Crippen molar-refractivity contribution in [2.75, 3.05) is 37.7 Å². The summed E-state index contributed by atoms with van der Waals surface area (Å²) in [6, 6.07) is 4.84. The average molecular weight is 958 g/mol. The first-order valence-electron chi connectivity index (χ1n) is 17.7. The van der Waals surface area contributed by atoms with Crippen molar-refractivity contribution in [3.8, 4) is 0 Å². The summed E-state index contributed by atoms with van der Waals surface area (Å²) >= 11 is 5.37. The van der Waals surface area contributed by atoms with E-state index in [1.807, 2.05) is 41.5 Å². The first-order chi connectivity index (χ1) is 25.6. The molecule has 0 aromatic heterocycles. The third-order valence-electron chi connectivity index (χ3n) is 7.93. The van der Waals surface area contributed by atoms with E-state index in [-0.39, 0.29) is 54.9 Å². The maximum atomic E-state index is 13.4. The lowest BCUT2D eigenvalue weighted by molar-refractivity contribution is -0.138. The van der Waals surface area contributed by atoms with Gasteiger partial charge in [-0.1, -0.05) is 50.0 Å². The molecule has 4 rings (SSSR count). The van der Waals surface area contributed by atoms with E-state index in [1.165, 1.54) is 23.5 Å². The van der Waals surface area contributed by atoms with E-state index >= 15 is 0 Å². The van der Waals surface area contributed by atoms with Crippen LogP contribution < -0.4 is 0 Å². The monoisotopic (exact) mass is 956 g/mol. The highest BCUT2D eigenvalue weighted by molar-refractivity contribution is 9.10. The number of nitrogens with zero attached hydrogens (tertiary/aromatic N) is 2. The number of halogens is 9. The van der Waals surface area contributed by atoms with Crippen LogP contribution in [0.1, 0.15) is 108 Å². The van der Waals surface area contributed by atoms with Crippen LogP contribution in [0.25, 0.3) is 0 Å². The minimum absolute atomic E-state index is 0. The summed E-state index contributed by atoms with van der Waals surface area (Å²) in [6.45, 7) is 15.2. The van der Waals surface area contributed by atoms with Gasteiger partial charge in [-0.3, -0.25) is 4.79 Å². The van der Waals surface area contributed by atoms with Crippen LogP contribution in [0.3, 0.4) is 0 Å². The number of carbonyl (C=O) groups is 3. The number of likely N-dealkylation sites (tertiary alicyclic amines) is 2. The number of hydrogen-bond donors (Lipinski definition) is 0. The normalized spacial score (nSPS) is 15.1. The van der Waals surface area contributed by atoms with Gasteiger partial charge in [-0.15, -0.1) is 11.8 Å². The number of carbonyl (C=O) groups excluding carboxylic acids is 3. The molecule has 2 aromatic carbocycles. The van der Waals surface area contributed by atoms with Crippen LogP contribution in [0.5, 0.6) is 0 Å². The first-order valence-corrected chi connectivity index (χ1v) is 20.5. The molecule has 2 saturated heterocycles. The van der Waals surface area contributed by atoms with E-state index in [9.17, 15) is 49.5 Å². The molecule has 59 heavy (non-hydrogen) atoms. The van der Waals surface area contributed by atoms with E-state index in [0.717, 1.165) is 68.8 Å². The minimum atomic E-state index is -4.56. The van der Waals surface area contributed by atoms with Gasteiger partial charge < -0.3 is 19.3 Å². The number of ether oxygens (including phenoxy) is 2. The van der Waals surface area contributed by atoms with Crippen LogP contribution in [0.2, 0.25) is 0 Å². The Kier molecular flexibility index (Phi) is 25.0. The molecule has 7 nitrogen and oxygen atoms in total. The quantitative estimate of drug-likeness (QED) is 0.218. The molecular weight excluding hydrogens is 896 g/mol. The zero-order valence-corrected chi connectivity index (χ0v) is 35.6. The van der Waals surface area contributed by atoms with Crippen molar-refractivity contribution in [1.82, 2.24) is 9.80 Å². The summed E-state index contributed by atoms with van der Waals surface area (Å²) in [5, 5.41) is 0.171. The number of benzene rings is 2. The zero-order chi connectivity index (χ0) is 42.6. The molecule has 0 saturated carbocycles. The average Bonchev–Trinajstić information content (AvgIpc) is 3.04. The van der Waals surface area contributed by atoms with Crippen LogP contribution >= 0.6 is 39.5 Å². The predicted molar refractivity (Wildman–Crippen MR) is 226 cm³/mol. The van der Waals surface area contributed by atoms with Crippen molar-refractivity contribution in [1.29, 1.82) is 0 Å². The number of rotatable bonds is 5. The molecule has 0 spiro atoms. The highest BCUT2D eigenvalue weighted by atomic mass is 79.9. The van der Waals surface area contributed by atoms with Crippen molar-refractivity contribution in [2.24, 2.45) is 11.8 Å². The second kappa shape index (κ2) is 25.3.